The summed E-state index contributed by atoms with van der Waals surface area (Å²) in [6, 6.07) is 10.5. The summed E-state index contributed by atoms with van der Waals surface area (Å²) in [6.07, 6.45) is 0. The number of carbonyl (C=O) groups excluding carboxylic acids is 1. The maximum absolute atomic E-state index is 13.2. The number of nitrogens with zero attached hydrogens (tertiary/aromatic N) is 1. The Hall–Kier alpha value is -1.80. The summed E-state index contributed by atoms with van der Waals surface area (Å²) in [5.41, 5.74) is 1.16. The lowest BCUT2D eigenvalue weighted by Gasteiger charge is -2.25. The number of anilines is 1. The molecule has 0 saturated carbocycles. The molecule has 152 valence electrons. The molecule has 0 fully saturated rings. The van der Waals surface area contributed by atoms with Crippen LogP contribution in [0.3, 0.4) is 0 Å². The van der Waals surface area contributed by atoms with Crippen molar-refractivity contribution in [2.24, 2.45) is 0 Å². The van der Waals surface area contributed by atoms with Crippen LogP contribution in [-0.4, -0.2) is 40.6 Å². The van der Waals surface area contributed by atoms with E-state index in [2.05, 4.69) is 5.32 Å². The Morgan fingerprint density at radius 1 is 1.14 bits per heavy atom. The Bertz CT molecular complexity index is 933. The van der Waals surface area contributed by atoms with E-state index in [1.54, 1.807) is 19.1 Å². The Morgan fingerprint density at radius 3 is 2.36 bits per heavy atom. The second-order valence-corrected chi connectivity index (χ2v) is 9.02. The molecule has 0 aliphatic carbocycles. The monoisotopic (exact) mass is 444 g/mol. The number of methoxy groups -OCH3 is 1. The van der Waals surface area contributed by atoms with Gasteiger partial charge in [-0.2, -0.15) is 0 Å². The minimum atomic E-state index is -4.00. The van der Waals surface area contributed by atoms with Gasteiger partial charge >= 0.3 is 0 Å². The molecular formula is C19H22Cl2N2O4S. The van der Waals surface area contributed by atoms with Crippen LogP contribution in [-0.2, 0) is 19.6 Å². The lowest BCUT2D eigenvalue weighted by molar-refractivity contribution is -0.120. The average molecular weight is 445 g/mol. The zero-order chi connectivity index (χ0) is 20.9. The molecule has 1 amide bonds. The fourth-order valence-electron chi connectivity index (χ4n) is 2.54. The van der Waals surface area contributed by atoms with Gasteiger partial charge in [-0.25, -0.2) is 8.42 Å². The molecule has 2 rings (SSSR count). The van der Waals surface area contributed by atoms with Crippen molar-refractivity contribution in [1.29, 1.82) is 0 Å². The van der Waals surface area contributed by atoms with Crippen LogP contribution in [0.4, 0.5) is 5.69 Å². The fraction of sp³-hybridized carbons (Fsp3) is 0.316. The Balaban J connectivity index is 2.42. The van der Waals surface area contributed by atoms with Crippen molar-refractivity contribution in [3.8, 4) is 0 Å². The fourth-order valence-corrected chi connectivity index (χ4v) is 4.24. The number of amides is 1. The van der Waals surface area contributed by atoms with E-state index >= 15 is 0 Å². The number of ether oxygens (including phenoxy) is 1. The van der Waals surface area contributed by atoms with Crippen molar-refractivity contribution in [2.45, 2.75) is 24.8 Å². The van der Waals surface area contributed by atoms with Crippen LogP contribution in [0.2, 0.25) is 10.0 Å². The standard InChI is InChI=1S/C19H22Cl2N2O4S/c1-13-4-7-16(8-5-13)28(25,26)23(11-19(24)22-14(2)12-27-3)15-6-9-17(20)18(21)10-15/h4-10,14H,11-12H2,1-3H3,(H,22,24)/t14-/m0/s1. The molecule has 0 unspecified atom stereocenters. The van der Waals surface area contributed by atoms with Gasteiger partial charge in [0, 0.05) is 13.2 Å². The van der Waals surface area contributed by atoms with Gasteiger partial charge in [0.1, 0.15) is 6.54 Å². The van der Waals surface area contributed by atoms with Gasteiger partial charge < -0.3 is 10.1 Å². The molecule has 0 heterocycles. The summed E-state index contributed by atoms with van der Waals surface area (Å²) in [4.78, 5) is 12.5. The minimum absolute atomic E-state index is 0.0712. The number of halogens is 2. The van der Waals surface area contributed by atoms with E-state index in [-0.39, 0.29) is 26.7 Å². The highest BCUT2D eigenvalue weighted by molar-refractivity contribution is 7.92. The number of rotatable bonds is 8. The van der Waals surface area contributed by atoms with Crippen molar-refractivity contribution in [3.63, 3.8) is 0 Å². The molecule has 1 atom stereocenters. The topological polar surface area (TPSA) is 75.7 Å². The van der Waals surface area contributed by atoms with Crippen LogP contribution in [0.5, 0.6) is 0 Å². The van der Waals surface area contributed by atoms with Crippen LogP contribution in [0.25, 0.3) is 0 Å². The molecule has 6 nitrogen and oxygen atoms in total. The number of sulfonamides is 1. The van der Waals surface area contributed by atoms with Crippen molar-refractivity contribution in [2.75, 3.05) is 24.6 Å². The number of carbonyl (C=O) groups is 1. The lowest BCUT2D eigenvalue weighted by Crippen LogP contribution is -2.44. The first-order valence-corrected chi connectivity index (χ1v) is 10.7. The van der Waals surface area contributed by atoms with E-state index in [0.717, 1.165) is 9.87 Å². The van der Waals surface area contributed by atoms with Gasteiger partial charge in [-0.3, -0.25) is 9.10 Å². The largest absolute Gasteiger partial charge is 0.383 e. The van der Waals surface area contributed by atoms with Gasteiger partial charge in [-0.1, -0.05) is 40.9 Å². The molecule has 0 saturated heterocycles. The van der Waals surface area contributed by atoms with E-state index in [1.165, 1.54) is 37.4 Å². The number of hydrogen-bond donors (Lipinski definition) is 1. The molecule has 2 aromatic carbocycles. The van der Waals surface area contributed by atoms with E-state index in [9.17, 15) is 13.2 Å². The predicted molar refractivity (Wildman–Crippen MR) is 112 cm³/mol. The van der Waals surface area contributed by atoms with E-state index in [1.807, 2.05) is 6.92 Å². The van der Waals surface area contributed by atoms with Gasteiger partial charge in [-0.15, -0.1) is 0 Å². The van der Waals surface area contributed by atoms with E-state index < -0.39 is 22.5 Å². The summed E-state index contributed by atoms with van der Waals surface area (Å²) in [5.74, 6) is -0.466. The van der Waals surface area contributed by atoms with Gasteiger partial charge in [-0.05, 0) is 44.2 Å². The Morgan fingerprint density at radius 2 is 1.79 bits per heavy atom. The van der Waals surface area contributed by atoms with Crippen LogP contribution in [0.1, 0.15) is 12.5 Å². The zero-order valence-corrected chi connectivity index (χ0v) is 18.1. The molecular weight excluding hydrogens is 423 g/mol. The molecule has 0 aliphatic rings. The van der Waals surface area contributed by atoms with Crippen molar-refractivity contribution in [1.82, 2.24) is 5.32 Å². The summed E-state index contributed by atoms with van der Waals surface area (Å²) < 4.78 is 32.5. The van der Waals surface area contributed by atoms with E-state index in [4.69, 9.17) is 27.9 Å². The van der Waals surface area contributed by atoms with Crippen LogP contribution >= 0.6 is 23.2 Å². The molecule has 0 aromatic heterocycles. The average Bonchev–Trinajstić information content (AvgIpc) is 2.62. The number of nitrogens with one attached hydrogen (secondary N) is 1. The van der Waals surface area contributed by atoms with E-state index in [0.29, 0.717) is 6.61 Å². The van der Waals surface area contributed by atoms with Gasteiger partial charge in [0.2, 0.25) is 5.91 Å². The maximum atomic E-state index is 13.2. The van der Waals surface area contributed by atoms with Gasteiger partial charge in [0.15, 0.2) is 0 Å². The molecule has 28 heavy (non-hydrogen) atoms. The molecule has 1 N–H and O–H groups in total. The van der Waals surface area contributed by atoms with Gasteiger partial charge in [0.25, 0.3) is 10.0 Å². The molecule has 0 bridgehead atoms. The molecule has 2 aromatic rings. The first kappa shape index (κ1) is 22.5. The third-order valence-corrected chi connectivity index (χ3v) is 6.44. The normalized spacial score (nSPS) is 12.5. The summed E-state index contributed by atoms with van der Waals surface area (Å²) in [6.45, 7) is 3.52. The SMILES string of the molecule is COC[C@H](C)NC(=O)CN(c1ccc(Cl)c(Cl)c1)S(=O)(=O)c1ccc(C)cc1. The second-order valence-electron chi connectivity index (χ2n) is 6.35. The number of hydrogen-bond acceptors (Lipinski definition) is 4. The number of aryl methyl sites for hydroxylation is 1. The molecule has 0 aliphatic heterocycles. The van der Waals surface area contributed by atoms with Gasteiger partial charge in [0.05, 0.1) is 27.2 Å². The third-order valence-electron chi connectivity index (χ3n) is 3.91. The lowest BCUT2D eigenvalue weighted by atomic mass is 10.2. The van der Waals surface area contributed by atoms with Crippen LogP contribution in [0, 0.1) is 6.92 Å². The summed E-state index contributed by atoms with van der Waals surface area (Å²) in [7, 11) is -2.48. The summed E-state index contributed by atoms with van der Waals surface area (Å²) in [5, 5.41) is 3.19. The van der Waals surface area contributed by atoms with Crippen molar-refractivity contribution >= 4 is 44.8 Å². The molecule has 9 heteroatoms. The van der Waals surface area contributed by atoms with Crippen LogP contribution in [0.15, 0.2) is 47.4 Å². The highest BCUT2D eigenvalue weighted by atomic mass is 35.5. The Labute approximate surface area is 175 Å². The maximum Gasteiger partial charge on any atom is 0.264 e. The first-order valence-electron chi connectivity index (χ1n) is 8.48. The second kappa shape index (κ2) is 9.60. The highest BCUT2D eigenvalue weighted by Crippen LogP contribution is 2.30. The third kappa shape index (κ3) is 5.61. The first-order chi connectivity index (χ1) is 13.1. The molecule has 0 spiro atoms. The van der Waals surface area contributed by atoms with Crippen LogP contribution < -0.4 is 9.62 Å². The molecule has 0 radical (unpaired) electrons. The van der Waals surface area contributed by atoms with Crippen molar-refractivity contribution in [3.05, 3.63) is 58.1 Å². The minimum Gasteiger partial charge on any atom is -0.383 e. The Kier molecular flexibility index (Phi) is 7.71. The smallest absolute Gasteiger partial charge is 0.264 e. The predicted octanol–water partition coefficient (Wildman–Crippen LogP) is 3.65. The summed E-state index contributed by atoms with van der Waals surface area (Å²) >= 11 is 12.0. The van der Waals surface area contributed by atoms with Crippen molar-refractivity contribution < 1.29 is 17.9 Å². The number of benzene rings is 2. The zero-order valence-electron chi connectivity index (χ0n) is 15.8. The highest BCUT2D eigenvalue weighted by Gasteiger charge is 2.28. The quantitative estimate of drug-likeness (QED) is 0.673.